The van der Waals surface area contributed by atoms with Crippen LogP contribution in [0.1, 0.15) is 60.9 Å². The number of aromatic hydroxyl groups is 2. The number of fused-ring (bicyclic) bond motifs is 1. The number of ether oxygens (including phenoxy) is 1. The van der Waals surface area contributed by atoms with E-state index in [9.17, 15) is 19.8 Å². The van der Waals surface area contributed by atoms with Gasteiger partial charge in [-0.2, -0.15) is 0 Å². The summed E-state index contributed by atoms with van der Waals surface area (Å²) >= 11 is 0. The first-order valence-corrected chi connectivity index (χ1v) is 12.4. The van der Waals surface area contributed by atoms with Gasteiger partial charge in [-0.05, 0) is 67.8 Å². The summed E-state index contributed by atoms with van der Waals surface area (Å²) in [5.74, 6) is -1.59. The van der Waals surface area contributed by atoms with Gasteiger partial charge in [0.2, 0.25) is 0 Å². The zero-order chi connectivity index (χ0) is 26.5. The van der Waals surface area contributed by atoms with Crippen molar-refractivity contribution in [3.63, 3.8) is 0 Å². The first kappa shape index (κ1) is 27.6. The molecule has 0 spiro atoms. The molecule has 3 N–H and O–H groups in total. The summed E-state index contributed by atoms with van der Waals surface area (Å²) < 4.78 is 5.64. The number of carbonyl (C=O) groups excluding carboxylic acids is 2. The standard InChI is InChI=1S/C26H33N5O6/c27-30-28-12-11-22-10-6-3-1-2-5-9-20(29-36-18-24(34)31-13-7-4-8-14-31)15-19-16-21(32)17-23(33)25(19)26(35)37-22/h3,5-6,9,15-17,22,29,32-33H,1-2,4,7-8,10-14,18H2/b6-3?,9-5?,20-15-. The molecule has 3 rings (SSSR count). The second-order valence-corrected chi connectivity index (χ2v) is 8.82. The van der Waals surface area contributed by atoms with Crippen molar-refractivity contribution in [3.8, 4) is 11.5 Å². The number of nitrogens with one attached hydrogen (secondary N) is 1. The van der Waals surface area contributed by atoms with Crippen LogP contribution < -0.4 is 5.48 Å². The van der Waals surface area contributed by atoms with Gasteiger partial charge in [-0.25, -0.2) is 4.79 Å². The number of esters is 1. The number of azide groups is 1. The largest absolute Gasteiger partial charge is 0.508 e. The maximum Gasteiger partial charge on any atom is 0.342 e. The second kappa shape index (κ2) is 14.6. The van der Waals surface area contributed by atoms with Crippen molar-refractivity contribution in [3.05, 3.63) is 63.7 Å². The van der Waals surface area contributed by atoms with Crippen LogP contribution in [0.3, 0.4) is 0 Å². The van der Waals surface area contributed by atoms with Gasteiger partial charge in [0, 0.05) is 37.0 Å². The van der Waals surface area contributed by atoms with Crippen LogP contribution in [0.4, 0.5) is 0 Å². The summed E-state index contributed by atoms with van der Waals surface area (Å²) in [5.41, 5.74) is 11.8. The van der Waals surface area contributed by atoms with E-state index in [-0.39, 0.29) is 35.9 Å². The number of cyclic esters (lactones) is 1. The smallest absolute Gasteiger partial charge is 0.342 e. The van der Waals surface area contributed by atoms with E-state index in [1.165, 1.54) is 12.1 Å². The fourth-order valence-electron chi connectivity index (χ4n) is 4.11. The van der Waals surface area contributed by atoms with Crippen LogP contribution in [0.2, 0.25) is 0 Å². The molecule has 1 saturated heterocycles. The number of nitrogens with zero attached hydrogens (tertiary/aromatic N) is 4. The number of likely N-dealkylation sites (tertiary alicyclic amines) is 1. The molecule has 11 nitrogen and oxygen atoms in total. The van der Waals surface area contributed by atoms with Crippen molar-refractivity contribution < 1.29 is 29.4 Å². The maximum absolute atomic E-state index is 13.1. The van der Waals surface area contributed by atoms with Crippen LogP contribution >= 0.6 is 0 Å². The molecule has 198 valence electrons. The lowest BCUT2D eigenvalue weighted by atomic mass is 10.0. The highest BCUT2D eigenvalue weighted by atomic mass is 16.6. The molecule has 0 aliphatic carbocycles. The predicted octanol–water partition coefficient (Wildman–Crippen LogP) is 4.49. The van der Waals surface area contributed by atoms with E-state index < -0.39 is 17.8 Å². The van der Waals surface area contributed by atoms with Crippen molar-refractivity contribution in [2.45, 2.75) is 51.0 Å². The molecule has 2 aliphatic rings. The molecule has 1 amide bonds. The number of phenolic OH excluding ortho intramolecular Hbond substituents is 2. The summed E-state index contributed by atoms with van der Waals surface area (Å²) in [4.78, 5) is 35.5. The third-order valence-corrected chi connectivity index (χ3v) is 5.99. The lowest BCUT2D eigenvalue weighted by Crippen LogP contribution is -2.39. The Bertz CT molecular complexity index is 1090. The summed E-state index contributed by atoms with van der Waals surface area (Å²) in [6, 6.07) is 2.38. The Labute approximate surface area is 215 Å². The minimum absolute atomic E-state index is 0.117. The van der Waals surface area contributed by atoms with Crippen LogP contribution in [0.25, 0.3) is 16.5 Å². The Hall–Kier alpha value is -3.95. The van der Waals surface area contributed by atoms with Crippen molar-refractivity contribution in [1.82, 2.24) is 10.4 Å². The van der Waals surface area contributed by atoms with Crippen molar-refractivity contribution >= 4 is 18.0 Å². The van der Waals surface area contributed by atoms with E-state index in [0.29, 0.717) is 25.0 Å². The highest BCUT2D eigenvalue weighted by molar-refractivity contribution is 5.97. The Balaban J connectivity index is 1.84. The van der Waals surface area contributed by atoms with Gasteiger partial charge in [0.15, 0.2) is 6.61 Å². The Morgan fingerprint density at radius 1 is 1.19 bits per heavy atom. The van der Waals surface area contributed by atoms with Gasteiger partial charge in [0.25, 0.3) is 5.91 Å². The van der Waals surface area contributed by atoms with E-state index in [2.05, 4.69) is 15.5 Å². The molecular formula is C26H33N5O6. The normalized spacial score (nSPS) is 20.0. The molecule has 1 aromatic carbocycles. The molecule has 2 heterocycles. The third kappa shape index (κ3) is 8.89. The molecule has 11 heteroatoms. The number of amides is 1. The molecule has 0 aromatic heterocycles. The molecule has 0 radical (unpaired) electrons. The van der Waals surface area contributed by atoms with E-state index >= 15 is 0 Å². The first-order chi connectivity index (χ1) is 18.0. The molecule has 1 fully saturated rings. The molecular weight excluding hydrogens is 478 g/mol. The highest BCUT2D eigenvalue weighted by Crippen LogP contribution is 2.30. The maximum atomic E-state index is 13.1. The quantitative estimate of drug-likeness (QED) is 0.121. The molecule has 0 saturated carbocycles. The Kier molecular flexibility index (Phi) is 10.9. The summed E-state index contributed by atoms with van der Waals surface area (Å²) in [6.07, 6.45) is 13.7. The Morgan fingerprint density at radius 3 is 2.76 bits per heavy atom. The number of benzene rings is 1. The zero-order valence-electron chi connectivity index (χ0n) is 20.7. The SMILES string of the molecule is [N-]=[N+]=NCCC1CC=CCCC=C/C(NOCC(=O)N2CCCCC2)=C/c2cc(O)cc(O)c2C(=O)O1. The average molecular weight is 512 g/mol. The number of piperidine rings is 1. The predicted molar refractivity (Wildman–Crippen MR) is 137 cm³/mol. The van der Waals surface area contributed by atoms with Gasteiger partial charge < -0.3 is 19.8 Å². The topological polar surface area (TPSA) is 157 Å². The minimum atomic E-state index is -0.787. The molecule has 1 atom stereocenters. The first-order valence-electron chi connectivity index (χ1n) is 12.4. The van der Waals surface area contributed by atoms with E-state index in [0.717, 1.165) is 44.8 Å². The number of hydrogen-bond acceptors (Lipinski definition) is 8. The fraction of sp³-hybridized carbons (Fsp3) is 0.462. The number of allylic oxidation sites excluding steroid dienone is 3. The van der Waals surface area contributed by atoms with Crippen molar-refractivity contribution in [2.24, 2.45) is 5.11 Å². The van der Waals surface area contributed by atoms with E-state index in [1.807, 2.05) is 18.2 Å². The number of carbonyl (C=O) groups is 2. The second-order valence-electron chi connectivity index (χ2n) is 8.82. The highest BCUT2D eigenvalue weighted by Gasteiger charge is 2.22. The molecule has 1 unspecified atom stereocenters. The van der Waals surface area contributed by atoms with Gasteiger partial charge in [-0.15, -0.1) is 0 Å². The molecule has 37 heavy (non-hydrogen) atoms. The summed E-state index contributed by atoms with van der Waals surface area (Å²) in [7, 11) is 0. The van der Waals surface area contributed by atoms with E-state index in [4.69, 9.17) is 15.1 Å². The van der Waals surface area contributed by atoms with Gasteiger partial charge in [-0.1, -0.05) is 23.3 Å². The lowest BCUT2D eigenvalue weighted by Gasteiger charge is -2.26. The summed E-state index contributed by atoms with van der Waals surface area (Å²) in [6.45, 7) is 1.42. The third-order valence-electron chi connectivity index (χ3n) is 5.99. The number of hydroxylamine groups is 1. The van der Waals surface area contributed by atoms with Crippen molar-refractivity contribution in [2.75, 3.05) is 26.2 Å². The fourth-order valence-corrected chi connectivity index (χ4v) is 4.11. The van der Waals surface area contributed by atoms with E-state index in [1.54, 1.807) is 11.0 Å². The number of hydrogen-bond donors (Lipinski definition) is 3. The van der Waals surface area contributed by atoms with Gasteiger partial charge in [0.1, 0.15) is 23.2 Å². The van der Waals surface area contributed by atoms with Crippen LogP contribution in [0.15, 0.2) is 47.2 Å². The van der Waals surface area contributed by atoms with Crippen LogP contribution in [-0.2, 0) is 14.4 Å². The molecule has 1 aromatic rings. The lowest BCUT2D eigenvalue weighted by molar-refractivity contribution is -0.139. The zero-order valence-corrected chi connectivity index (χ0v) is 20.7. The summed E-state index contributed by atoms with van der Waals surface area (Å²) in [5, 5.41) is 24.1. The van der Waals surface area contributed by atoms with Crippen LogP contribution in [0, 0.1) is 0 Å². The van der Waals surface area contributed by atoms with Crippen LogP contribution in [-0.4, -0.2) is 59.3 Å². The number of phenols is 2. The molecule has 0 bridgehead atoms. The van der Waals surface area contributed by atoms with Gasteiger partial charge in [-0.3, -0.25) is 15.1 Å². The number of rotatable bonds is 7. The Morgan fingerprint density at radius 2 is 1.97 bits per heavy atom. The minimum Gasteiger partial charge on any atom is -0.508 e. The van der Waals surface area contributed by atoms with Crippen LogP contribution in [0.5, 0.6) is 11.5 Å². The van der Waals surface area contributed by atoms with Crippen molar-refractivity contribution in [1.29, 1.82) is 0 Å². The molecule has 2 aliphatic heterocycles. The van der Waals surface area contributed by atoms with Gasteiger partial charge in [0.05, 0.1) is 5.70 Å². The van der Waals surface area contributed by atoms with Gasteiger partial charge >= 0.3 is 5.97 Å². The monoisotopic (exact) mass is 511 g/mol. The average Bonchev–Trinajstić information content (AvgIpc) is 2.87.